The molecule has 0 N–H and O–H groups in total. The van der Waals surface area contributed by atoms with Gasteiger partial charge in [-0.05, 0) is 38.2 Å². The highest BCUT2D eigenvalue weighted by molar-refractivity contribution is 5.99. The number of pyridine rings is 1. The van der Waals surface area contributed by atoms with Crippen LogP contribution in [-0.2, 0) is 30.2 Å². The van der Waals surface area contributed by atoms with Gasteiger partial charge in [-0.2, -0.15) is 0 Å². The molecule has 0 radical (unpaired) electrons. The van der Waals surface area contributed by atoms with Crippen LogP contribution in [0.25, 0.3) is 0 Å². The van der Waals surface area contributed by atoms with Crippen molar-refractivity contribution in [2.75, 3.05) is 20.5 Å². The minimum Gasteiger partial charge on any atom is -0.493 e. The fraction of sp³-hybridized carbons (Fsp3) is 0.548. The number of Topliss-reactive ketones (excluding diaryl/α,β-unsaturated/α-hetero) is 1. The number of ether oxygens (including phenoxy) is 5. The molecule has 1 heterocycles. The highest BCUT2D eigenvalue weighted by Crippen LogP contribution is 2.32. The van der Waals surface area contributed by atoms with E-state index in [4.69, 9.17) is 23.7 Å². The molecule has 0 saturated carbocycles. The van der Waals surface area contributed by atoms with E-state index in [0.717, 1.165) is 18.4 Å². The number of carbonyl (C=O) groups is 3. The summed E-state index contributed by atoms with van der Waals surface area (Å²) in [6.45, 7) is 9.33. The molecule has 2 rings (SSSR count). The number of benzene rings is 1. The first-order valence-electron chi connectivity index (χ1n) is 13.9. The first kappa shape index (κ1) is 32.8. The number of aromatic nitrogens is 1. The second-order valence-corrected chi connectivity index (χ2v) is 9.63. The van der Waals surface area contributed by atoms with Gasteiger partial charge in [0.2, 0.25) is 6.79 Å². The lowest BCUT2D eigenvalue weighted by Crippen LogP contribution is -2.38. The van der Waals surface area contributed by atoms with Crippen LogP contribution in [0.2, 0.25) is 0 Å². The third-order valence-corrected chi connectivity index (χ3v) is 6.71. The van der Waals surface area contributed by atoms with Crippen molar-refractivity contribution < 1.29 is 38.1 Å². The summed E-state index contributed by atoms with van der Waals surface area (Å²) < 4.78 is 27.8. The van der Waals surface area contributed by atoms with E-state index in [-0.39, 0.29) is 35.6 Å². The van der Waals surface area contributed by atoms with Gasteiger partial charge in [-0.15, -0.1) is 0 Å². The van der Waals surface area contributed by atoms with Gasteiger partial charge in [-0.3, -0.25) is 14.4 Å². The average Bonchev–Trinajstić information content (AvgIpc) is 2.95. The van der Waals surface area contributed by atoms with Gasteiger partial charge in [0.05, 0.1) is 19.1 Å². The molecule has 220 valence electrons. The molecule has 40 heavy (non-hydrogen) atoms. The Kier molecular flexibility index (Phi) is 14.1. The van der Waals surface area contributed by atoms with Crippen molar-refractivity contribution in [1.82, 2.24) is 4.98 Å². The van der Waals surface area contributed by atoms with Gasteiger partial charge in [0.15, 0.2) is 23.0 Å². The Hall–Kier alpha value is -3.46. The van der Waals surface area contributed by atoms with Gasteiger partial charge in [0, 0.05) is 38.1 Å². The van der Waals surface area contributed by atoms with Gasteiger partial charge in [0.25, 0.3) is 0 Å². The van der Waals surface area contributed by atoms with Crippen LogP contribution >= 0.6 is 0 Å². The van der Waals surface area contributed by atoms with Crippen molar-refractivity contribution in [2.24, 2.45) is 11.8 Å². The molecule has 9 heteroatoms. The summed E-state index contributed by atoms with van der Waals surface area (Å²) in [7, 11) is 1.43. The van der Waals surface area contributed by atoms with E-state index in [2.05, 4.69) is 31.0 Å². The first-order chi connectivity index (χ1) is 19.2. The van der Waals surface area contributed by atoms with Crippen LogP contribution in [0.15, 0.2) is 42.6 Å². The van der Waals surface area contributed by atoms with Crippen molar-refractivity contribution >= 4 is 17.7 Å². The maximum absolute atomic E-state index is 13.3. The molecule has 2 aromatic rings. The van der Waals surface area contributed by atoms with Crippen molar-refractivity contribution in [1.29, 1.82) is 0 Å². The van der Waals surface area contributed by atoms with Crippen LogP contribution in [0.3, 0.4) is 0 Å². The van der Waals surface area contributed by atoms with Gasteiger partial charge < -0.3 is 23.7 Å². The Morgan fingerprint density at radius 3 is 2.33 bits per heavy atom. The number of rotatable bonds is 18. The minimum absolute atomic E-state index is 0.00762. The predicted molar refractivity (Wildman–Crippen MR) is 150 cm³/mol. The number of hydrogen-bond donors (Lipinski definition) is 0. The van der Waals surface area contributed by atoms with Gasteiger partial charge in [0.1, 0.15) is 6.10 Å². The minimum atomic E-state index is -0.682. The zero-order chi connectivity index (χ0) is 29.5. The first-order valence-corrected chi connectivity index (χ1v) is 13.9. The Bertz CT molecular complexity index is 1070. The van der Waals surface area contributed by atoms with Crippen LogP contribution in [0.4, 0.5) is 0 Å². The molecule has 1 aromatic carbocycles. The molecule has 0 spiro atoms. The molecule has 0 aliphatic carbocycles. The Morgan fingerprint density at radius 2 is 1.73 bits per heavy atom. The van der Waals surface area contributed by atoms with Crippen molar-refractivity contribution in [2.45, 2.75) is 78.9 Å². The quantitative estimate of drug-likeness (QED) is 0.132. The lowest BCUT2D eigenvalue weighted by Gasteiger charge is -2.32. The molecule has 1 aromatic heterocycles. The molecule has 0 aliphatic rings. The zero-order valence-corrected chi connectivity index (χ0v) is 24.5. The fourth-order valence-electron chi connectivity index (χ4n) is 4.48. The van der Waals surface area contributed by atoms with Crippen molar-refractivity contribution in [3.05, 3.63) is 53.9 Å². The Morgan fingerprint density at radius 1 is 1.00 bits per heavy atom. The smallest absolute Gasteiger partial charge is 0.309 e. The zero-order valence-electron chi connectivity index (χ0n) is 24.5. The number of hydrogen-bond acceptors (Lipinski definition) is 9. The van der Waals surface area contributed by atoms with E-state index in [1.165, 1.54) is 26.3 Å². The summed E-state index contributed by atoms with van der Waals surface area (Å²) >= 11 is 0. The van der Waals surface area contributed by atoms with Gasteiger partial charge in [-0.25, -0.2) is 4.98 Å². The van der Waals surface area contributed by atoms with E-state index >= 15 is 0 Å². The largest absolute Gasteiger partial charge is 0.493 e. The van der Waals surface area contributed by atoms with Crippen LogP contribution in [0.1, 0.15) is 76.4 Å². The molecule has 9 nitrogen and oxygen atoms in total. The maximum Gasteiger partial charge on any atom is 0.309 e. The topological polar surface area (TPSA) is 110 Å². The monoisotopic (exact) mass is 557 g/mol. The van der Waals surface area contributed by atoms with Crippen LogP contribution in [0.5, 0.6) is 11.5 Å². The van der Waals surface area contributed by atoms with Gasteiger partial charge in [-0.1, -0.05) is 51.1 Å². The van der Waals surface area contributed by atoms with E-state index in [0.29, 0.717) is 19.4 Å². The third-order valence-electron chi connectivity index (χ3n) is 6.71. The Balaban J connectivity index is 2.19. The second-order valence-electron chi connectivity index (χ2n) is 9.63. The highest BCUT2D eigenvalue weighted by Gasteiger charge is 2.32. The molecule has 0 saturated heterocycles. The van der Waals surface area contributed by atoms with Crippen molar-refractivity contribution in [3.8, 4) is 11.5 Å². The SMILES string of the molecule is CCCO[C@@H](CC)[C@@H](Cc1ccccc1)[C@H](C)OC(=O)[C@H](CC)CC(=O)c1nccc(OC)c1OCOC(C)=O. The van der Waals surface area contributed by atoms with Crippen molar-refractivity contribution in [3.63, 3.8) is 0 Å². The van der Waals surface area contributed by atoms with Crippen LogP contribution in [0, 0.1) is 11.8 Å². The molecule has 0 amide bonds. The Labute approximate surface area is 237 Å². The lowest BCUT2D eigenvalue weighted by atomic mass is 9.88. The van der Waals surface area contributed by atoms with E-state index in [1.54, 1.807) is 0 Å². The summed E-state index contributed by atoms with van der Waals surface area (Å²) in [6, 6.07) is 11.6. The molecule has 0 aliphatic heterocycles. The van der Waals surface area contributed by atoms with E-state index < -0.39 is 36.5 Å². The number of esters is 2. The van der Waals surface area contributed by atoms with Crippen LogP contribution in [-0.4, -0.2) is 55.4 Å². The highest BCUT2D eigenvalue weighted by atomic mass is 16.7. The molecule has 4 atom stereocenters. The summed E-state index contributed by atoms with van der Waals surface area (Å²) in [5, 5.41) is 0. The number of carbonyl (C=O) groups excluding carboxylic acids is 3. The predicted octanol–water partition coefficient (Wildman–Crippen LogP) is 5.58. The summed E-state index contributed by atoms with van der Waals surface area (Å²) in [5.74, 6) is -1.82. The number of ketones is 1. The summed E-state index contributed by atoms with van der Waals surface area (Å²) in [6.07, 6.45) is 3.56. The number of nitrogens with zero attached hydrogens (tertiary/aromatic N) is 1. The third kappa shape index (κ3) is 9.93. The molecular formula is C31H43NO8. The van der Waals surface area contributed by atoms with Gasteiger partial charge >= 0.3 is 11.9 Å². The normalized spacial score (nSPS) is 13.9. The molecule has 0 bridgehead atoms. The molecule has 0 fully saturated rings. The standard InChI is InChI=1S/C31H43NO8/c1-7-17-37-27(9-3)25(18-23-13-11-10-12-14-23)21(4)40-31(35)24(8-2)19-26(34)29-30(39-20-38-22(5)33)28(36-6)15-16-32-29/h10-16,21,24-25,27H,7-9,17-20H2,1-6H3/t21-,24+,25-,27-/m0/s1. The van der Waals surface area contributed by atoms with Crippen LogP contribution < -0.4 is 9.47 Å². The fourth-order valence-corrected chi connectivity index (χ4v) is 4.48. The number of methoxy groups -OCH3 is 1. The van der Waals surface area contributed by atoms with E-state index in [9.17, 15) is 14.4 Å². The molecular weight excluding hydrogens is 514 g/mol. The average molecular weight is 558 g/mol. The summed E-state index contributed by atoms with van der Waals surface area (Å²) in [5.41, 5.74) is 1.13. The molecule has 0 unspecified atom stereocenters. The lowest BCUT2D eigenvalue weighted by molar-refractivity contribution is -0.159. The second kappa shape index (κ2) is 17.3. The summed E-state index contributed by atoms with van der Waals surface area (Å²) in [4.78, 5) is 42.0. The maximum atomic E-state index is 13.3. The van der Waals surface area contributed by atoms with E-state index in [1.807, 2.05) is 32.0 Å².